The van der Waals surface area contributed by atoms with Crippen molar-refractivity contribution in [2.75, 3.05) is 0 Å². The molecule has 0 unspecified atom stereocenters. The first kappa shape index (κ1) is 21.0. The molecule has 146 valence electrons. The molecule has 2 saturated carbocycles. The van der Waals surface area contributed by atoms with Crippen LogP contribution in [0.4, 0.5) is 0 Å². The minimum absolute atomic E-state index is 0.906. The summed E-state index contributed by atoms with van der Waals surface area (Å²) in [6, 6.07) is 0. The summed E-state index contributed by atoms with van der Waals surface area (Å²) in [5, 5.41) is 0. The number of unbranched alkanes of at least 4 members (excludes halogenated alkanes) is 3. The van der Waals surface area contributed by atoms with E-state index in [0.717, 1.165) is 23.7 Å². The third-order valence-electron chi connectivity index (χ3n) is 7.19. The van der Waals surface area contributed by atoms with Gasteiger partial charge in [-0.05, 0) is 55.8 Å². The van der Waals surface area contributed by atoms with Crippen molar-refractivity contribution in [3.05, 3.63) is 12.2 Å². The van der Waals surface area contributed by atoms with Gasteiger partial charge in [0.2, 0.25) is 0 Å². The average Bonchev–Trinajstić information content (AvgIpc) is 2.66. The van der Waals surface area contributed by atoms with Crippen LogP contribution in [0.2, 0.25) is 0 Å². The lowest BCUT2D eigenvalue weighted by molar-refractivity contribution is 0.239. The standard InChI is InChI=1S/C25H46/c1-3-5-7-11-23-18-20-25(21-19-23)13-9-8-12-24-16-14-22(15-17-24)10-6-4-2/h6,10,22-25H,3-5,7-9,11-21H2,1-2H3/b10-6+. The third-order valence-corrected chi connectivity index (χ3v) is 7.19. The lowest BCUT2D eigenvalue weighted by Gasteiger charge is -2.29. The van der Waals surface area contributed by atoms with Gasteiger partial charge in [-0.2, -0.15) is 0 Å². The molecule has 0 heteroatoms. The molecule has 0 aromatic carbocycles. The first-order chi connectivity index (χ1) is 12.3. The second kappa shape index (κ2) is 13.0. The Labute approximate surface area is 159 Å². The molecule has 0 spiro atoms. The van der Waals surface area contributed by atoms with Crippen LogP contribution in [-0.4, -0.2) is 0 Å². The average molecular weight is 347 g/mol. The summed E-state index contributed by atoms with van der Waals surface area (Å²) in [7, 11) is 0. The van der Waals surface area contributed by atoms with Gasteiger partial charge in [0.15, 0.2) is 0 Å². The molecule has 0 radical (unpaired) electrons. The Morgan fingerprint density at radius 3 is 1.48 bits per heavy atom. The van der Waals surface area contributed by atoms with E-state index in [0.29, 0.717) is 0 Å². The molecule has 2 aliphatic carbocycles. The maximum absolute atomic E-state index is 2.49. The van der Waals surface area contributed by atoms with Crippen LogP contribution < -0.4 is 0 Å². The van der Waals surface area contributed by atoms with Crippen LogP contribution in [0.15, 0.2) is 12.2 Å². The first-order valence-electron chi connectivity index (χ1n) is 12.0. The van der Waals surface area contributed by atoms with Gasteiger partial charge in [-0.3, -0.25) is 0 Å². The van der Waals surface area contributed by atoms with Crippen molar-refractivity contribution < 1.29 is 0 Å². The van der Waals surface area contributed by atoms with E-state index in [1.54, 1.807) is 25.7 Å². The van der Waals surface area contributed by atoms with Gasteiger partial charge in [0.25, 0.3) is 0 Å². The number of hydrogen-bond donors (Lipinski definition) is 0. The van der Waals surface area contributed by atoms with Crippen LogP contribution in [0.1, 0.15) is 123 Å². The first-order valence-corrected chi connectivity index (χ1v) is 12.0. The van der Waals surface area contributed by atoms with Crippen molar-refractivity contribution in [1.82, 2.24) is 0 Å². The van der Waals surface area contributed by atoms with Crippen molar-refractivity contribution in [3.8, 4) is 0 Å². The fourth-order valence-corrected chi connectivity index (χ4v) is 5.36. The van der Waals surface area contributed by atoms with E-state index < -0.39 is 0 Å². The molecule has 0 aromatic rings. The molecule has 25 heavy (non-hydrogen) atoms. The van der Waals surface area contributed by atoms with Crippen molar-refractivity contribution in [2.45, 2.75) is 123 Å². The topological polar surface area (TPSA) is 0 Å². The molecular weight excluding hydrogens is 300 g/mol. The molecule has 0 nitrogen and oxygen atoms in total. The van der Waals surface area contributed by atoms with Crippen LogP contribution >= 0.6 is 0 Å². The molecular formula is C25H46. The highest BCUT2D eigenvalue weighted by molar-refractivity contribution is 4.90. The molecule has 0 bridgehead atoms. The monoisotopic (exact) mass is 346 g/mol. The molecule has 0 saturated heterocycles. The Balaban J connectivity index is 1.46. The highest BCUT2D eigenvalue weighted by Gasteiger charge is 2.21. The van der Waals surface area contributed by atoms with Crippen molar-refractivity contribution >= 4 is 0 Å². The highest BCUT2D eigenvalue weighted by Crippen LogP contribution is 2.36. The highest BCUT2D eigenvalue weighted by atomic mass is 14.3. The van der Waals surface area contributed by atoms with Gasteiger partial charge >= 0.3 is 0 Å². The van der Waals surface area contributed by atoms with Gasteiger partial charge in [-0.25, -0.2) is 0 Å². The molecule has 2 aliphatic rings. The van der Waals surface area contributed by atoms with Crippen LogP contribution in [0.3, 0.4) is 0 Å². The van der Waals surface area contributed by atoms with Crippen molar-refractivity contribution in [2.24, 2.45) is 23.7 Å². The molecule has 2 rings (SSSR count). The summed E-state index contributed by atoms with van der Waals surface area (Å²) in [5.74, 6) is 4.13. The van der Waals surface area contributed by atoms with E-state index in [1.807, 2.05) is 0 Å². The zero-order valence-corrected chi connectivity index (χ0v) is 17.5. The number of rotatable bonds is 11. The zero-order valence-electron chi connectivity index (χ0n) is 17.5. The fourth-order valence-electron chi connectivity index (χ4n) is 5.36. The van der Waals surface area contributed by atoms with Gasteiger partial charge in [0.1, 0.15) is 0 Å². The summed E-state index contributed by atoms with van der Waals surface area (Å²) in [4.78, 5) is 0. The Bertz CT molecular complexity index is 326. The van der Waals surface area contributed by atoms with E-state index in [4.69, 9.17) is 0 Å². The molecule has 0 heterocycles. The minimum Gasteiger partial charge on any atom is -0.0885 e. The summed E-state index contributed by atoms with van der Waals surface area (Å²) in [6.07, 6.45) is 30.1. The van der Waals surface area contributed by atoms with Crippen LogP contribution in [0.25, 0.3) is 0 Å². The predicted octanol–water partition coefficient (Wildman–Crippen LogP) is 8.71. The van der Waals surface area contributed by atoms with E-state index in [2.05, 4.69) is 26.0 Å². The van der Waals surface area contributed by atoms with E-state index in [-0.39, 0.29) is 0 Å². The van der Waals surface area contributed by atoms with Gasteiger partial charge in [0.05, 0.1) is 0 Å². The maximum atomic E-state index is 2.49. The van der Waals surface area contributed by atoms with Crippen LogP contribution in [0.5, 0.6) is 0 Å². The smallest absolute Gasteiger partial charge is 0.0233 e. The fraction of sp³-hybridized carbons (Fsp3) is 0.920. The Morgan fingerprint density at radius 2 is 1.04 bits per heavy atom. The Kier molecular flexibility index (Phi) is 10.9. The predicted molar refractivity (Wildman–Crippen MR) is 113 cm³/mol. The van der Waals surface area contributed by atoms with Crippen molar-refractivity contribution in [1.29, 1.82) is 0 Å². The van der Waals surface area contributed by atoms with Crippen molar-refractivity contribution in [3.63, 3.8) is 0 Å². The van der Waals surface area contributed by atoms with E-state index in [1.165, 1.54) is 83.5 Å². The van der Waals surface area contributed by atoms with Gasteiger partial charge < -0.3 is 0 Å². The van der Waals surface area contributed by atoms with Gasteiger partial charge in [0, 0.05) is 0 Å². The lowest BCUT2D eigenvalue weighted by atomic mass is 9.77. The Hall–Kier alpha value is -0.260. The molecule has 0 N–H and O–H groups in total. The molecule has 0 aromatic heterocycles. The number of allylic oxidation sites excluding steroid dienone is 2. The van der Waals surface area contributed by atoms with Crippen LogP contribution in [-0.2, 0) is 0 Å². The van der Waals surface area contributed by atoms with Gasteiger partial charge in [-0.15, -0.1) is 0 Å². The zero-order chi connectivity index (χ0) is 17.7. The second-order valence-corrected chi connectivity index (χ2v) is 9.28. The molecule has 0 atom stereocenters. The molecule has 2 fully saturated rings. The largest absolute Gasteiger partial charge is 0.0885 e. The molecule has 0 aliphatic heterocycles. The van der Waals surface area contributed by atoms with Crippen LogP contribution in [0, 0.1) is 23.7 Å². The third kappa shape index (κ3) is 8.78. The maximum Gasteiger partial charge on any atom is -0.0233 e. The second-order valence-electron chi connectivity index (χ2n) is 9.28. The lowest BCUT2D eigenvalue weighted by Crippen LogP contribution is -2.15. The Morgan fingerprint density at radius 1 is 0.600 bits per heavy atom. The summed E-state index contributed by atoms with van der Waals surface area (Å²) in [5.41, 5.74) is 0. The van der Waals surface area contributed by atoms with E-state index >= 15 is 0 Å². The molecule has 0 amide bonds. The van der Waals surface area contributed by atoms with E-state index in [9.17, 15) is 0 Å². The summed E-state index contributed by atoms with van der Waals surface area (Å²) >= 11 is 0. The minimum atomic E-state index is 0.906. The summed E-state index contributed by atoms with van der Waals surface area (Å²) in [6.45, 7) is 4.58. The van der Waals surface area contributed by atoms with Gasteiger partial charge in [-0.1, -0.05) is 103 Å². The quantitative estimate of drug-likeness (QED) is 0.259. The number of hydrogen-bond acceptors (Lipinski definition) is 0. The summed E-state index contributed by atoms with van der Waals surface area (Å²) < 4.78 is 0. The SMILES string of the molecule is CC/C=C/C1CCC(CCCCC2CCC(CCCCC)CC2)CC1. The normalized spacial score (nSPS) is 30.8.